The van der Waals surface area contributed by atoms with Crippen LogP contribution in [-0.4, -0.2) is 62.9 Å². The molecule has 3 radical (unpaired) electrons. The van der Waals surface area contributed by atoms with Crippen molar-refractivity contribution in [3.63, 3.8) is 0 Å². The molecule has 273 valence electrons. The molecule has 0 amide bonds. The minimum Gasteiger partial charge on any atom is -0.396 e. The molecule has 12 nitrogen and oxygen atoms in total. The minimum atomic E-state index is -2.29. The summed E-state index contributed by atoms with van der Waals surface area (Å²) >= 11 is 0. The molecule has 0 aliphatic rings. The van der Waals surface area contributed by atoms with Gasteiger partial charge in [-0.05, 0) is 36.0 Å². The van der Waals surface area contributed by atoms with Crippen LogP contribution >= 0.6 is 0 Å². The van der Waals surface area contributed by atoms with Gasteiger partial charge in [0.25, 0.3) is 0 Å². The third-order valence-corrected chi connectivity index (χ3v) is 14.5. The number of rotatable bonds is 21. The van der Waals surface area contributed by atoms with Gasteiger partial charge in [-0.25, -0.2) is 28.1 Å². The summed E-state index contributed by atoms with van der Waals surface area (Å²) < 4.78 is 39.9. The van der Waals surface area contributed by atoms with Gasteiger partial charge in [0.05, 0.1) is 36.8 Å². The molecule has 1 heterocycles. The van der Waals surface area contributed by atoms with Crippen molar-refractivity contribution < 1.29 is 26.6 Å². The monoisotopic (exact) mass is 750 g/mol. The van der Waals surface area contributed by atoms with Gasteiger partial charge in [-0.1, -0.05) is 112 Å². The second-order valence-electron chi connectivity index (χ2n) is 11.6. The fourth-order valence-corrected chi connectivity index (χ4v) is 10.8. The predicted octanol–water partition coefficient (Wildman–Crippen LogP) is 4.70. The first-order valence-corrected chi connectivity index (χ1v) is 21.2. The van der Waals surface area contributed by atoms with E-state index in [0.717, 1.165) is 30.4 Å². The maximum absolute atomic E-state index is 14.7. The summed E-state index contributed by atoms with van der Waals surface area (Å²) in [5.74, 6) is 0. The fourth-order valence-electron chi connectivity index (χ4n) is 5.82. The molecule has 0 saturated carbocycles. The van der Waals surface area contributed by atoms with Gasteiger partial charge in [0, 0.05) is 21.3 Å². The Morgan fingerprint density at radius 3 is 0.882 bits per heavy atom. The summed E-state index contributed by atoms with van der Waals surface area (Å²) in [6.07, 6.45) is 0.991. The zero-order valence-corrected chi connectivity index (χ0v) is 33.2. The molecule has 3 aromatic carbocycles. The van der Waals surface area contributed by atoms with E-state index in [2.05, 4.69) is 0 Å². The van der Waals surface area contributed by atoms with Crippen LogP contribution < -0.4 is 17.1 Å². The van der Waals surface area contributed by atoms with Crippen LogP contribution in [0.4, 0.5) is 0 Å². The molecular formula is C36H48N3O9Si3. The average molecular weight is 751 g/mol. The Morgan fingerprint density at radius 1 is 0.451 bits per heavy atom. The Labute approximate surface area is 304 Å². The maximum Gasteiger partial charge on any atom is 0.410 e. The van der Waals surface area contributed by atoms with Crippen LogP contribution in [0.5, 0.6) is 0 Å². The van der Waals surface area contributed by atoms with Crippen LogP contribution in [0.15, 0.2) is 105 Å². The van der Waals surface area contributed by atoms with Crippen LogP contribution in [0.25, 0.3) is 0 Å². The van der Waals surface area contributed by atoms with Crippen LogP contribution in [-0.2, 0) is 46.4 Å². The number of benzene rings is 3. The van der Waals surface area contributed by atoms with Crippen LogP contribution in [0.1, 0.15) is 73.7 Å². The van der Waals surface area contributed by atoms with Gasteiger partial charge in [0.1, 0.15) is 0 Å². The first kappa shape index (κ1) is 40.3. The van der Waals surface area contributed by atoms with Crippen molar-refractivity contribution in [2.75, 3.05) is 21.3 Å². The summed E-state index contributed by atoms with van der Waals surface area (Å²) in [5.41, 5.74) is -1.90. The normalized spacial score (nSPS) is 13.6. The van der Waals surface area contributed by atoms with Gasteiger partial charge in [-0.2, -0.15) is 0 Å². The molecule has 0 aliphatic carbocycles. The third kappa shape index (κ3) is 10.1. The maximum atomic E-state index is 14.7. The highest BCUT2D eigenvalue weighted by atomic mass is 28.3. The highest BCUT2D eigenvalue weighted by molar-refractivity contribution is 6.46. The molecule has 4 aromatic rings. The lowest BCUT2D eigenvalue weighted by Crippen LogP contribution is -2.62. The predicted molar refractivity (Wildman–Crippen MR) is 199 cm³/mol. The lowest BCUT2D eigenvalue weighted by molar-refractivity contribution is 0.183. The van der Waals surface area contributed by atoms with Gasteiger partial charge >= 0.3 is 44.9 Å². The number of hydrogen-bond acceptors (Lipinski definition) is 9. The summed E-state index contributed by atoms with van der Waals surface area (Å²) in [6, 6.07) is 28.8. The summed E-state index contributed by atoms with van der Waals surface area (Å²) in [4.78, 5) is 44.0. The van der Waals surface area contributed by atoms with E-state index in [1.54, 1.807) is 0 Å². The zero-order valence-electron chi connectivity index (χ0n) is 30.2. The van der Waals surface area contributed by atoms with Gasteiger partial charge in [-0.3, -0.25) is 0 Å². The summed E-state index contributed by atoms with van der Waals surface area (Å²) in [6.45, 7) is 6.27. The van der Waals surface area contributed by atoms with Crippen molar-refractivity contribution in [1.82, 2.24) is 13.7 Å². The van der Waals surface area contributed by atoms with Crippen molar-refractivity contribution in [2.45, 2.75) is 76.8 Å². The first-order valence-electron chi connectivity index (χ1n) is 17.0. The van der Waals surface area contributed by atoms with E-state index in [1.807, 2.05) is 112 Å². The molecule has 0 saturated heterocycles. The van der Waals surface area contributed by atoms with Crippen LogP contribution in [0, 0.1) is 0 Å². The van der Waals surface area contributed by atoms with Gasteiger partial charge in [-0.15, -0.1) is 0 Å². The SMILES string of the molecule is CCC(n1c(=O)n(C(CC)[Si](OC)OCc2ccccc2)c(=O)n(C(CC)[Si](OC)OCc2ccccc2)c1=O)[Si](OC)OCc1ccccc1. The first-order chi connectivity index (χ1) is 24.8. The van der Waals surface area contributed by atoms with E-state index < -0.39 is 61.9 Å². The lowest BCUT2D eigenvalue weighted by atomic mass is 10.2. The molecule has 15 heteroatoms. The third-order valence-electron chi connectivity index (χ3n) is 8.42. The van der Waals surface area contributed by atoms with E-state index in [0.29, 0.717) is 19.3 Å². The molecule has 0 aliphatic heterocycles. The Morgan fingerprint density at radius 2 is 0.686 bits per heavy atom. The molecule has 0 fully saturated rings. The highest BCUT2D eigenvalue weighted by Gasteiger charge is 2.40. The smallest absolute Gasteiger partial charge is 0.396 e. The van der Waals surface area contributed by atoms with Crippen molar-refractivity contribution in [3.05, 3.63) is 139 Å². The molecule has 0 spiro atoms. The molecule has 4 rings (SSSR count). The quantitative estimate of drug-likeness (QED) is 0.112. The second-order valence-corrected chi connectivity index (χ2v) is 17.6. The van der Waals surface area contributed by atoms with Crippen LogP contribution in [0.3, 0.4) is 0 Å². The summed E-state index contributed by atoms with van der Waals surface area (Å²) in [5, 5.41) is 0. The molecule has 1 aromatic heterocycles. The number of hydrogen-bond donors (Lipinski definition) is 0. The van der Waals surface area contributed by atoms with Crippen LogP contribution in [0.2, 0.25) is 0 Å². The lowest BCUT2D eigenvalue weighted by Gasteiger charge is -2.30. The van der Waals surface area contributed by atoms with Gasteiger partial charge in [0.15, 0.2) is 0 Å². The van der Waals surface area contributed by atoms with Crippen molar-refractivity contribution in [2.24, 2.45) is 0 Å². The summed E-state index contributed by atoms with van der Waals surface area (Å²) in [7, 11) is -2.34. The van der Waals surface area contributed by atoms with E-state index >= 15 is 0 Å². The Bertz CT molecular complexity index is 1550. The second kappa shape index (κ2) is 20.5. The molecular weight excluding hydrogens is 703 g/mol. The number of nitrogens with zero attached hydrogens (tertiary/aromatic N) is 3. The molecule has 3 unspecified atom stereocenters. The fraction of sp³-hybridized carbons (Fsp3) is 0.417. The Kier molecular flexibility index (Phi) is 16.2. The van der Waals surface area contributed by atoms with Crippen molar-refractivity contribution >= 4 is 27.9 Å². The average Bonchev–Trinajstić information content (AvgIpc) is 3.17. The van der Waals surface area contributed by atoms with Gasteiger partial charge in [0.2, 0.25) is 0 Å². The Hall–Kier alpha value is -3.52. The van der Waals surface area contributed by atoms with Crippen molar-refractivity contribution in [3.8, 4) is 0 Å². The standard InChI is InChI=1S/C36H48N3O9Si3/c1-7-31(49(43-4)46-25-28-19-13-10-14-20-28)37-34(40)38(32(8-2)50(44-5)47-26-29-21-15-11-16-22-29)36(42)39(35(37)41)33(9-3)51(45-6)48-27-30-23-17-12-18-24-30/h10-24,31-33H,7-9,25-27H2,1-6H3. The zero-order chi connectivity index (χ0) is 36.8. The highest BCUT2D eigenvalue weighted by Crippen LogP contribution is 2.21. The van der Waals surface area contributed by atoms with E-state index in [9.17, 15) is 14.4 Å². The Balaban J connectivity index is 1.86. The molecule has 0 N–H and O–H groups in total. The molecule has 51 heavy (non-hydrogen) atoms. The van der Waals surface area contributed by atoms with Gasteiger partial charge < -0.3 is 26.6 Å². The van der Waals surface area contributed by atoms with E-state index in [1.165, 1.54) is 21.3 Å². The van der Waals surface area contributed by atoms with E-state index in [-0.39, 0.29) is 19.8 Å². The minimum absolute atomic E-state index is 0.228. The molecule has 3 atom stereocenters. The number of aromatic nitrogens is 3. The topological polar surface area (TPSA) is 121 Å². The molecule has 0 bridgehead atoms. The van der Waals surface area contributed by atoms with Crippen molar-refractivity contribution in [1.29, 1.82) is 0 Å². The van der Waals surface area contributed by atoms with E-state index in [4.69, 9.17) is 26.6 Å². The largest absolute Gasteiger partial charge is 0.410 e.